The minimum Gasteiger partial charge on any atom is -0.363 e. The van der Waals surface area contributed by atoms with E-state index < -0.39 is 0 Å². The van der Waals surface area contributed by atoms with Crippen molar-refractivity contribution >= 4 is 135 Å². The van der Waals surface area contributed by atoms with Gasteiger partial charge in [0.25, 0.3) is 0 Å². The number of anilines is 4. The molecule has 0 aliphatic heterocycles. The molecule has 0 aliphatic carbocycles. The van der Waals surface area contributed by atoms with Crippen molar-refractivity contribution in [2.75, 3.05) is 47.4 Å². The third-order valence-electron chi connectivity index (χ3n) is 6.30. The van der Waals surface area contributed by atoms with Gasteiger partial charge in [-0.1, -0.05) is 67.4 Å². The first-order chi connectivity index (χ1) is 25.2. The monoisotopic (exact) mass is 844 g/mol. The largest absolute Gasteiger partial charge is 0.363 e. The fourth-order valence-corrected chi connectivity index (χ4v) is 9.22. The van der Waals surface area contributed by atoms with E-state index in [1.807, 2.05) is 88.4 Å². The quantitative estimate of drug-likeness (QED) is 0.0457. The summed E-state index contributed by atoms with van der Waals surface area (Å²) in [7, 11) is 6.80. The van der Waals surface area contributed by atoms with Crippen LogP contribution in [0.1, 0.15) is 27.7 Å². The first-order valence-electron chi connectivity index (χ1n) is 16.5. The minimum absolute atomic E-state index is 0.628. The maximum Gasteiger partial charge on any atom is 0.170 e. The molecule has 0 heterocycles. The van der Waals surface area contributed by atoms with Gasteiger partial charge in [-0.2, -0.15) is 0 Å². The Labute approximate surface area is 345 Å². The van der Waals surface area contributed by atoms with E-state index in [9.17, 15) is 0 Å². The lowest BCUT2D eigenvalue weighted by molar-refractivity contribution is 0.978. The molecule has 0 atom stereocenters. The van der Waals surface area contributed by atoms with Crippen LogP contribution in [-0.2, 0) is 0 Å². The second kappa shape index (κ2) is 25.1. The highest BCUT2D eigenvalue weighted by molar-refractivity contribution is 8.77. The van der Waals surface area contributed by atoms with E-state index in [1.165, 1.54) is 9.79 Å². The zero-order valence-electron chi connectivity index (χ0n) is 29.3. The molecule has 8 nitrogen and oxygen atoms in total. The van der Waals surface area contributed by atoms with Crippen molar-refractivity contribution in [3.8, 4) is 0 Å². The van der Waals surface area contributed by atoms with Crippen LogP contribution in [0.15, 0.2) is 117 Å². The Bertz CT molecular complexity index is 1600. The highest BCUT2D eigenvalue weighted by Crippen LogP contribution is 2.43. The van der Waals surface area contributed by atoms with Crippen LogP contribution >= 0.6 is 92.0 Å². The molecule has 0 saturated carbocycles. The van der Waals surface area contributed by atoms with Crippen molar-refractivity contribution in [3.05, 3.63) is 97.1 Å². The van der Waals surface area contributed by atoms with Crippen molar-refractivity contribution in [1.29, 1.82) is 0 Å². The smallest absolute Gasteiger partial charge is 0.170 e. The van der Waals surface area contributed by atoms with E-state index in [0.29, 0.717) is 20.4 Å². The van der Waals surface area contributed by atoms with Crippen LogP contribution in [0, 0.1) is 0 Å². The Hall–Kier alpha value is -2.96. The molecule has 0 unspecified atom stereocenters. The summed E-state index contributed by atoms with van der Waals surface area (Å²) in [4.78, 5) is 4.60. The summed E-state index contributed by atoms with van der Waals surface area (Å²) in [6.07, 6.45) is 0. The van der Waals surface area contributed by atoms with Crippen molar-refractivity contribution in [1.82, 2.24) is 21.3 Å². The summed E-state index contributed by atoms with van der Waals surface area (Å²) in [5, 5.41) is 27.7. The first-order valence-corrected chi connectivity index (χ1v) is 22.4. The molecule has 0 aromatic heterocycles. The Kier molecular flexibility index (Phi) is 21.0. The Morgan fingerprint density at radius 2 is 0.712 bits per heavy atom. The molecule has 52 heavy (non-hydrogen) atoms. The predicted molar refractivity (Wildman–Crippen MR) is 249 cm³/mol. The predicted octanol–water partition coefficient (Wildman–Crippen LogP) is 10.2. The van der Waals surface area contributed by atoms with Gasteiger partial charge in [0.1, 0.15) is 0 Å². The molecule has 4 aromatic carbocycles. The molecule has 4 aromatic rings. The highest BCUT2D eigenvalue weighted by atomic mass is 33.1. The third-order valence-corrected chi connectivity index (χ3v) is 12.2. The van der Waals surface area contributed by atoms with Gasteiger partial charge in [-0.25, -0.2) is 0 Å². The Morgan fingerprint density at radius 1 is 0.404 bits per heavy atom. The van der Waals surface area contributed by atoms with Crippen molar-refractivity contribution in [2.45, 2.75) is 47.3 Å². The van der Waals surface area contributed by atoms with E-state index in [1.54, 1.807) is 43.2 Å². The maximum absolute atomic E-state index is 5.30. The number of hydrogen-bond donors (Lipinski definition) is 8. The first kappa shape index (κ1) is 43.4. The topological polar surface area (TPSA) is 96.2 Å². The van der Waals surface area contributed by atoms with E-state index >= 15 is 0 Å². The number of rotatable bonds is 14. The van der Waals surface area contributed by atoms with Gasteiger partial charge in [0, 0.05) is 57.1 Å². The third kappa shape index (κ3) is 16.8. The number of para-hydroxylation sites is 2. The standard InChI is InChI=1S/2C18H22N4S4/c1-3-19-17(23)21-13-5-9-15(10-6-13)25-26-16-11-7-14(8-12-16)22-18(24)20-4-2;1-3-19-17(23)21-13-9-5-7-11-15(13)25-26-16-12-8-6-10-14(16)22-18(24)20-4-2/h2*5-12H,3-4H2,1-2H3,(H2,19,21,23)(H2,20,22,24). The molecule has 276 valence electrons. The molecular formula is C36H44N8S8. The summed E-state index contributed by atoms with van der Waals surface area (Å²) >= 11 is 21.0. The summed E-state index contributed by atoms with van der Waals surface area (Å²) in [5.41, 5.74) is 3.95. The fraction of sp³-hybridized carbons (Fsp3) is 0.222. The van der Waals surface area contributed by atoms with Gasteiger partial charge in [0.05, 0.1) is 11.4 Å². The second-order valence-electron chi connectivity index (χ2n) is 10.3. The van der Waals surface area contributed by atoms with E-state index in [0.717, 1.165) is 58.7 Å². The summed E-state index contributed by atoms with van der Waals surface area (Å²) in [6.45, 7) is 11.3. The van der Waals surface area contributed by atoms with Gasteiger partial charge >= 0.3 is 0 Å². The summed E-state index contributed by atoms with van der Waals surface area (Å²) in [5.74, 6) is 0. The van der Waals surface area contributed by atoms with Crippen LogP contribution in [0.3, 0.4) is 0 Å². The SMILES string of the molecule is CCNC(=S)Nc1ccc(SSc2ccc(NC(=S)NCC)cc2)cc1.CCNC(=S)Nc1ccccc1SSc1ccccc1NC(=S)NCC. The van der Waals surface area contributed by atoms with Crippen LogP contribution in [-0.4, -0.2) is 46.6 Å². The fourth-order valence-electron chi connectivity index (χ4n) is 3.98. The normalized spacial score (nSPS) is 10.1. The number of hydrogen-bond acceptors (Lipinski definition) is 8. The zero-order valence-corrected chi connectivity index (χ0v) is 35.9. The van der Waals surface area contributed by atoms with Crippen molar-refractivity contribution < 1.29 is 0 Å². The maximum atomic E-state index is 5.30. The number of thiocarbonyl (C=S) groups is 4. The van der Waals surface area contributed by atoms with Crippen LogP contribution in [0.5, 0.6) is 0 Å². The van der Waals surface area contributed by atoms with Crippen molar-refractivity contribution in [3.63, 3.8) is 0 Å². The molecule has 16 heteroatoms. The Balaban J connectivity index is 0.000000280. The average molecular weight is 845 g/mol. The van der Waals surface area contributed by atoms with Crippen LogP contribution in [0.25, 0.3) is 0 Å². The minimum atomic E-state index is 0.628. The molecule has 0 saturated heterocycles. The molecular weight excluding hydrogens is 801 g/mol. The number of benzene rings is 4. The lowest BCUT2D eigenvalue weighted by atomic mass is 10.3. The van der Waals surface area contributed by atoms with Crippen LogP contribution in [0.4, 0.5) is 22.7 Å². The molecule has 8 N–H and O–H groups in total. The molecule has 0 bridgehead atoms. The van der Waals surface area contributed by atoms with Crippen molar-refractivity contribution in [2.24, 2.45) is 0 Å². The molecule has 4 rings (SSSR count). The van der Waals surface area contributed by atoms with Gasteiger partial charge in [0.2, 0.25) is 0 Å². The molecule has 0 amide bonds. The van der Waals surface area contributed by atoms with E-state index in [4.69, 9.17) is 48.9 Å². The summed E-state index contributed by atoms with van der Waals surface area (Å²) in [6, 6.07) is 32.7. The lowest BCUT2D eigenvalue weighted by Gasteiger charge is -2.14. The van der Waals surface area contributed by atoms with Gasteiger partial charge in [-0.15, -0.1) is 0 Å². The lowest BCUT2D eigenvalue weighted by Crippen LogP contribution is -2.28. The van der Waals surface area contributed by atoms with Crippen LogP contribution < -0.4 is 42.5 Å². The molecule has 0 spiro atoms. The second-order valence-corrected chi connectivity index (χ2v) is 16.4. The zero-order chi connectivity index (χ0) is 37.6. The molecule has 0 aliphatic rings. The van der Waals surface area contributed by atoms with Gasteiger partial charge in [-0.3, -0.25) is 0 Å². The number of nitrogens with one attached hydrogen (secondary N) is 8. The highest BCUT2D eigenvalue weighted by Gasteiger charge is 2.09. The van der Waals surface area contributed by atoms with Gasteiger partial charge < -0.3 is 42.5 Å². The van der Waals surface area contributed by atoms with Gasteiger partial charge in [0.15, 0.2) is 20.4 Å². The van der Waals surface area contributed by atoms with E-state index in [-0.39, 0.29) is 0 Å². The van der Waals surface area contributed by atoms with Gasteiger partial charge in [-0.05, 0) is 149 Å². The molecule has 0 fully saturated rings. The Morgan fingerprint density at radius 3 is 1.04 bits per heavy atom. The summed E-state index contributed by atoms with van der Waals surface area (Å²) < 4.78 is 0. The van der Waals surface area contributed by atoms with E-state index in [2.05, 4.69) is 78.9 Å². The molecule has 0 radical (unpaired) electrons. The average Bonchev–Trinajstić information content (AvgIpc) is 3.13. The van der Waals surface area contributed by atoms with Crippen LogP contribution in [0.2, 0.25) is 0 Å².